The Bertz CT molecular complexity index is 1060. The van der Waals surface area contributed by atoms with Crippen LogP contribution in [0, 0.1) is 17.1 Å². The number of amidine groups is 1. The van der Waals surface area contributed by atoms with E-state index in [-0.39, 0.29) is 29.0 Å². The third-order valence-electron chi connectivity index (χ3n) is 6.13. The normalized spacial score (nSPS) is 16.5. The summed E-state index contributed by atoms with van der Waals surface area (Å²) in [4.78, 5) is 26.6. The summed E-state index contributed by atoms with van der Waals surface area (Å²) in [5.41, 5.74) is 1.54. The molecule has 0 bridgehead atoms. The number of piperidine rings is 1. The Morgan fingerprint density at radius 3 is 2.44 bits per heavy atom. The lowest BCUT2D eigenvalue weighted by molar-refractivity contribution is -0.146. The fraction of sp³-hybridized carbons (Fsp3) is 0.375. The molecular formula is C24H25ClFN3O3. The van der Waals surface area contributed by atoms with Crippen LogP contribution in [0.3, 0.4) is 0 Å². The average Bonchev–Trinajstić information content (AvgIpc) is 3.63. The van der Waals surface area contributed by atoms with Crippen molar-refractivity contribution < 1.29 is 18.7 Å². The number of rotatable bonds is 5. The number of hydrogen-bond donors (Lipinski definition) is 2. The van der Waals surface area contributed by atoms with Crippen LogP contribution in [0.2, 0.25) is 5.02 Å². The van der Waals surface area contributed by atoms with E-state index in [1.54, 1.807) is 17.0 Å². The number of benzene rings is 2. The lowest BCUT2D eigenvalue weighted by Crippen LogP contribution is -2.41. The first kappa shape index (κ1) is 22.3. The summed E-state index contributed by atoms with van der Waals surface area (Å²) in [5.74, 6) is -1.20. The summed E-state index contributed by atoms with van der Waals surface area (Å²) in [6.45, 7) is 0.854. The van der Waals surface area contributed by atoms with Crippen molar-refractivity contribution in [3.05, 3.63) is 63.9 Å². The fourth-order valence-electron chi connectivity index (χ4n) is 4.23. The van der Waals surface area contributed by atoms with E-state index >= 15 is 0 Å². The number of hydrogen-bond acceptors (Lipinski definition) is 4. The van der Waals surface area contributed by atoms with Crippen molar-refractivity contribution in [2.75, 3.05) is 25.5 Å². The predicted molar refractivity (Wildman–Crippen MR) is 121 cm³/mol. The molecule has 1 aliphatic carbocycles. The lowest BCUT2D eigenvalue weighted by Gasteiger charge is -2.33. The monoisotopic (exact) mass is 457 g/mol. The van der Waals surface area contributed by atoms with E-state index in [2.05, 4.69) is 5.32 Å². The molecule has 1 saturated heterocycles. The van der Waals surface area contributed by atoms with Gasteiger partial charge in [0, 0.05) is 13.1 Å². The van der Waals surface area contributed by atoms with Crippen molar-refractivity contribution in [1.29, 1.82) is 5.41 Å². The van der Waals surface area contributed by atoms with Crippen LogP contribution in [0.25, 0.3) is 0 Å². The van der Waals surface area contributed by atoms with Gasteiger partial charge >= 0.3 is 5.97 Å². The highest BCUT2D eigenvalue weighted by molar-refractivity contribution is 6.34. The second-order valence-electron chi connectivity index (χ2n) is 8.23. The molecule has 4 rings (SSSR count). The molecule has 0 spiro atoms. The topological polar surface area (TPSA) is 82.5 Å². The van der Waals surface area contributed by atoms with E-state index in [4.69, 9.17) is 21.7 Å². The van der Waals surface area contributed by atoms with Gasteiger partial charge in [-0.3, -0.25) is 15.0 Å². The molecule has 2 aliphatic rings. The predicted octanol–water partition coefficient (Wildman–Crippen LogP) is 4.82. The number of carbonyl (C=O) groups excluding carboxylic acids is 2. The van der Waals surface area contributed by atoms with Crippen molar-refractivity contribution in [3.8, 4) is 0 Å². The van der Waals surface area contributed by atoms with Gasteiger partial charge in [-0.25, -0.2) is 4.39 Å². The fourth-order valence-corrected chi connectivity index (χ4v) is 4.50. The molecule has 32 heavy (non-hydrogen) atoms. The summed E-state index contributed by atoms with van der Waals surface area (Å²) >= 11 is 6.35. The summed E-state index contributed by atoms with van der Waals surface area (Å²) in [5, 5.41) is 11.8. The van der Waals surface area contributed by atoms with Crippen LogP contribution < -0.4 is 5.32 Å². The Morgan fingerprint density at radius 1 is 1.09 bits per heavy atom. The third-order valence-corrected chi connectivity index (χ3v) is 6.45. The van der Waals surface area contributed by atoms with Crippen LogP contribution in [0.15, 0.2) is 36.4 Å². The van der Waals surface area contributed by atoms with Crippen LogP contribution in [-0.2, 0) is 9.53 Å². The van der Waals surface area contributed by atoms with Gasteiger partial charge < -0.3 is 15.0 Å². The zero-order valence-electron chi connectivity index (χ0n) is 17.8. The first-order valence-corrected chi connectivity index (χ1v) is 11.1. The zero-order chi connectivity index (χ0) is 22.8. The Morgan fingerprint density at radius 2 is 1.78 bits per heavy atom. The van der Waals surface area contributed by atoms with Crippen LogP contribution in [0.4, 0.5) is 10.1 Å². The SMILES string of the molecule is COC(=O)C1CCN(C(=N)c2c(F)cccc2NC(=O)c2c(Cl)cccc2C2CC2)CC1. The Balaban J connectivity index is 1.56. The maximum Gasteiger partial charge on any atom is 0.308 e. The van der Waals surface area contributed by atoms with Crippen molar-refractivity contribution in [1.82, 2.24) is 4.90 Å². The van der Waals surface area contributed by atoms with E-state index in [0.717, 1.165) is 18.4 Å². The minimum absolute atomic E-state index is 0.0247. The van der Waals surface area contributed by atoms with Crippen molar-refractivity contribution in [2.24, 2.45) is 5.92 Å². The highest BCUT2D eigenvalue weighted by Gasteiger charge is 2.31. The van der Waals surface area contributed by atoms with E-state index < -0.39 is 11.7 Å². The quantitative estimate of drug-likeness (QED) is 0.383. The number of carbonyl (C=O) groups is 2. The van der Waals surface area contributed by atoms with Gasteiger partial charge in [0.05, 0.1) is 34.9 Å². The number of anilines is 1. The van der Waals surface area contributed by atoms with E-state index in [1.807, 2.05) is 12.1 Å². The zero-order valence-corrected chi connectivity index (χ0v) is 18.5. The molecule has 0 radical (unpaired) electrons. The second-order valence-corrected chi connectivity index (χ2v) is 8.64. The minimum Gasteiger partial charge on any atom is -0.469 e. The number of methoxy groups -OCH3 is 1. The molecule has 0 aromatic heterocycles. The van der Waals surface area contributed by atoms with Crippen molar-refractivity contribution in [3.63, 3.8) is 0 Å². The number of halogens is 2. The first-order valence-electron chi connectivity index (χ1n) is 10.7. The molecular weight excluding hydrogens is 433 g/mol. The van der Waals surface area contributed by atoms with Gasteiger partial charge in [-0.2, -0.15) is 0 Å². The van der Waals surface area contributed by atoms with Gasteiger partial charge in [0.15, 0.2) is 0 Å². The molecule has 2 fully saturated rings. The summed E-state index contributed by atoms with van der Waals surface area (Å²) in [7, 11) is 1.36. The molecule has 1 saturated carbocycles. The van der Waals surface area contributed by atoms with E-state index in [1.165, 1.54) is 19.2 Å². The highest BCUT2D eigenvalue weighted by Crippen LogP contribution is 2.43. The summed E-state index contributed by atoms with van der Waals surface area (Å²) in [6.07, 6.45) is 3.07. The molecule has 2 N–H and O–H groups in total. The summed E-state index contributed by atoms with van der Waals surface area (Å²) < 4.78 is 19.7. The van der Waals surface area contributed by atoms with Gasteiger partial charge in [0.25, 0.3) is 5.91 Å². The van der Waals surface area contributed by atoms with Gasteiger partial charge in [0.2, 0.25) is 0 Å². The average molecular weight is 458 g/mol. The molecule has 2 aromatic carbocycles. The molecule has 6 nitrogen and oxygen atoms in total. The number of nitrogens with one attached hydrogen (secondary N) is 2. The minimum atomic E-state index is -0.593. The first-order chi connectivity index (χ1) is 15.4. The molecule has 0 unspecified atom stereocenters. The number of esters is 1. The Labute approximate surface area is 191 Å². The van der Waals surface area contributed by atoms with Crippen LogP contribution in [0.1, 0.15) is 53.1 Å². The molecule has 0 atom stereocenters. The highest BCUT2D eigenvalue weighted by atomic mass is 35.5. The van der Waals surface area contributed by atoms with Crippen LogP contribution >= 0.6 is 11.6 Å². The van der Waals surface area contributed by atoms with Gasteiger partial charge in [-0.1, -0.05) is 29.8 Å². The van der Waals surface area contributed by atoms with Gasteiger partial charge in [-0.05, 0) is 55.4 Å². The molecule has 1 heterocycles. The maximum absolute atomic E-state index is 14.8. The third kappa shape index (κ3) is 4.48. The molecule has 1 amide bonds. The lowest BCUT2D eigenvalue weighted by atomic mass is 9.96. The molecule has 2 aromatic rings. The van der Waals surface area contributed by atoms with E-state index in [9.17, 15) is 14.0 Å². The second kappa shape index (κ2) is 9.28. The number of nitrogens with zero attached hydrogens (tertiary/aromatic N) is 1. The molecule has 168 valence electrons. The maximum atomic E-state index is 14.8. The summed E-state index contributed by atoms with van der Waals surface area (Å²) in [6, 6.07) is 9.75. The largest absolute Gasteiger partial charge is 0.469 e. The van der Waals surface area contributed by atoms with E-state index in [0.29, 0.717) is 42.4 Å². The van der Waals surface area contributed by atoms with Crippen LogP contribution in [-0.4, -0.2) is 42.8 Å². The smallest absolute Gasteiger partial charge is 0.308 e. The van der Waals surface area contributed by atoms with Crippen molar-refractivity contribution in [2.45, 2.75) is 31.6 Å². The number of amides is 1. The van der Waals surface area contributed by atoms with Gasteiger partial charge in [0.1, 0.15) is 11.7 Å². The van der Waals surface area contributed by atoms with Crippen molar-refractivity contribution >= 4 is 35.0 Å². The number of ether oxygens (including phenoxy) is 1. The molecule has 1 aliphatic heterocycles. The molecule has 8 heteroatoms. The number of likely N-dealkylation sites (tertiary alicyclic amines) is 1. The Kier molecular flexibility index (Phi) is 6.46. The standard InChI is InChI=1S/C24H25ClFN3O3/c1-32-24(31)15-10-12-29(13-11-15)22(27)21-18(26)6-3-7-19(21)28-23(30)20-16(14-8-9-14)4-2-5-17(20)25/h2-7,14-15,27H,8-13H2,1H3,(H,28,30). The van der Waals surface area contributed by atoms with Gasteiger partial charge in [-0.15, -0.1) is 0 Å². The van der Waals surface area contributed by atoms with Crippen LogP contribution in [0.5, 0.6) is 0 Å². The Hall–Kier alpha value is -2.93.